The second-order valence-electron chi connectivity index (χ2n) is 5.44. The van der Waals surface area contributed by atoms with E-state index in [1.807, 2.05) is 6.07 Å². The number of aromatic nitrogens is 3. The highest BCUT2D eigenvalue weighted by molar-refractivity contribution is 6.32. The predicted octanol–water partition coefficient (Wildman–Crippen LogP) is 2.50. The standard InChI is InChI=1S/C15H18ClN5O2/c16-14-13(11-21(18-14)12-4-3-5-17-10-12)20(15(22)23)9-8-19-6-1-2-7-19/h3-5,10-11H,1-2,6-9H2,(H,22,23). The number of pyridine rings is 1. The van der Waals surface area contributed by atoms with Gasteiger partial charge < -0.3 is 10.0 Å². The first-order chi connectivity index (χ1) is 11.1. The number of carboxylic acid groups (broad SMARTS) is 1. The van der Waals surface area contributed by atoms with Crippen LogP contribution in [-0.2, 0) is 0 Å². The van der Waals surface area contributed by atoms with Crippen LogP contribution < -0.4 is 4.90 Å². The Morgan fingerprint density at radius 3 is 2.83 bits per heavy atom. The van der Waals surface area contributed by atoms with Crippen LogP contribution in [0.4, 0.5) is 10.5 Å². The first kappa shape index (κ1) is 15.8. The summed E-state index contributed by atoms with van der Waals surface area (Å²) in [6.45, 7) is 3.11. The number of carbonyl (C=O) groups is 1. The predicted molar refractivity (Wildman–Crippen MR) is 87.4 cm³/mol. The van der Waals surface area contributed by atoms with E-state index in [0.29, 0.717) is 18.8 Å². The van der Waals surface area contributed by atoms with Gasteiger partial charge in [0, 0.05) is 19.3 Å². The molecule has 8 heteroatoms. The first-order valence-corrected chi connectivity index (χ1v) is 7.91. The summed E-state index contributed by atoms with van der Waals surface area (Å²) in [5, 5.41) is 13.9. The number of amides is 1. The van der Waals surface area contributed by atoms with Crippen LogP contribution in [0.3, 0.4) is 0 Å². The third-order valence-corrected chi connectivity index (χ3v) is 4.19. The van der Waals surface area contributed by atoms with Crippen molar-refractivity contribution in [1.82, 2.24) is 19.7 Å². The lowest BCUT2D eigenvalue weighted by Crippen LogP contribution is -2.37. The molecule has 0 unspecified atom stereocenters. The highest BCUT2D eigenvalue weighted by atomic mass is 35.5. The molecule has 7 nitrogen and oxygen atoms in total. The molecule has 0 atom stereocenters. The van der Waals surface area contributed by atoms with Crippen molar-refractivity contribution in [2.24, 2.45) is 0 Å². The average molecular weight is 336 g/mol. The third kappa shape index (κ3) is 3.62. The summed E-state index contributed by atoms with van der Waals surface area (Å²) < 4.78 is 1.54. The van der Waals surface area contributed by atoms with Crippen molar-refractivity contribution in [1.29, 1.82) is 0 Å². The molecule has 3 heterocycles. The molecule has 0 bridgehead atoms. The summed E-state index contributed by atoms with van der Waals surface area (Å²) in [4.78, 5) is 19.1. The van der Waals surface area contributed by atoms with E-state index in [0.717, 1.165) is 18.8 Å². The number of anilines is 1. The van der Waals surface area contributed by atoms with E-state index in [1.54, 1.807) is 24.7 Å². The van der Waals surface area contributed by atoms with Gasteiger partial charge in [-0.05, 0) is 38.1 Å². The molecule has 0 radical (unpaired) electrons. The molecule has 1 N–H and O–H groups in total. The van der Waals surface area contributed by atoms with Crippen LogP contribution in [-0.4, -0.2) is 57.0 Å². The maximum absolute atomic E-state index is 11.6. The maximum atomic E-state index is 11.6. The van der Waals surface area contributed by atoms with Crippen LogP contribution in [0.15, 0.2) is 30.7 Å². The Hall–Kier alpha value is -2.12. The molecule has 122 valence electrons. The second-order valence-corrected chi connectivity index (χ2v) is 5.80. The fourth-order valence-electron chi connectivity index (χ4n) is 2.71. The zero-order valence-corrected chi connectivity index (χ0v) is 13.4. The Bertz CT molecular complexity index is 670. The Morgan fingerprint density at radius 1 is 1.39 bits per heavy atom. The Labute approximate surface area is 139 Å². The number of likely N-dealkylation sites (tertiary alicyclic amines) is 1. The van der Waals surface area contributed by atoms with Crippen molar-refractivity contribution < 1.29 is 9.90 Å². The smallest absolute Gasteiger partial charge is 0.412 e. The number of hydrogen-bond acceptors (Lipinski definition) is 4. The molecule has 1 aliphatic rings. The highest BCUT2D eigenvalue weighted by Gasteiger charge is 2.22. The Kier molecular flexibility index (Phi) is 4.78. The molecule has 0 spiro atoms. The summed E-state index contributed by atoms with van der Waals surface area (Å²) in [7, 11) is 0. The van der Waals surface area contributed by atoms with Gasteiger partial charge in [0.2, 0.25) is 0 Å². The molecule has 1 fully saturated rings. The molecule has 2 aromatic heterocycles. The number of rotatable bonds is 5. The van der Waals surface area contributed by atoms with Gasteiger partial charge in [0.15, 0.2) is 5.15 Å². The Balaban J connectivity index is 1.79. The van der Waals surface area contributed by atoms with Gasteiger partial charge in [-0.3, -0.25) is 9.88 Å². The molecule has 3 rings (SSSR count). The van der Waals surface area contributed by atoms with Crippen molar-refractivity contribution >= 4 is 23.4 Å². The fraction of sp³-hybridized carbons (Fsp3) is 0.400. The zero-order valence-electron chi connectivity index (χ0n) is 12.6. The maximum Gasteiger partial charge on any atom is 0.412 e. The summed E-state index contributed by atoms with van der Waals surface area (Å²) in [5.41, 5.74) is 1.12. The summed E-state index contributed by atoms with van der Waals surface area (Å²) in [6, 6.07) is 3.61. The van der Waals surface area contributed by atoms with Crippen LogP contribution >= 0.6 is 11.6 Å². The van der Waals surface area contributed by atoms with Crippen molar-refractivity contribution in [2.75, 3.05) is 31.1 Å². The van der Waals surface area contributed by atoms with Gasteiger partial charge in [-0.1, -0.05) is 11.6 Å². The van der Waals surface area contributed by atoms with Crippen LogP contribution in [0.1, 0.15) is 12.8 Å². The van der Waals surface area contributed by atoms with Gasteiger partial charge in [-0.2, -0.15) is 5.10 Å². The van der Waals surface area contributed by atoms with E-state index in [9.17, 15) is 9.90 Å². The van der Waals surface area contributed by atoms with E-state index < -0.39 is 6.09 Å². The molecule has 2 aromatic rings. The Morgan fingerprint density at radius 2 is 2.17 bits per heavy atom. The third-order valence-electron chi connectivity index (χ3n) is 3.92. The molecule has 0 aromatic carbocycles. The van der Waals surface area contributed by atoms with Crippen LogP contribution in [0.25, 0.3) is 5.69 Å². The van der Waals surface area contributed by atoms with Gasteiger partial charge in [0.1, 0.15) is 5.69 Å². The van der Waals surface area contributed by atoms with Crippen molar-refractivity contribution in [2.45, 2.75) is 12.8 Å². The van der Waals surface area contributed by atoms with E-state index in [-0.39, 0.29) is 5.15 Å². The topological polar surface area (TPSA) is 74.5 Å². The van der Waals surface area contributed by atoms with Crippen molar-refractivity contribution in [3.05, 3.63) is 35.9 Å². The van der Waals surface area contributed by atoms with E-state index in [2.05, 4.69) is 15.0 Å². The normalized spacial score (nSPS) is 15.0. The lowest BCUT2D eigenvalue weighted by atomic mass is 10.4. The fourth-order valence-corrected chi connectivity index (χ4v) is 2.95. The molecule has 23 heavy (non-hydrogen) atoms. The molecule has 0 aliphatic carbocycles. The SMILES string of the molecule is O=C(O)N(CCN1CCCC1)c1cn(-c2cccnc2)nc1Cl. The zero-order chi connectivity index (χ0) is 16.2. The quantitative estimate of drug-likeness (QED) is 0.908. The largest absolute Gasteiger partial charge is 0.465 e. The van der Waals surface area contributed by atoms with Crippen LogP contribution in [0, 0.1) is 0 Å². The van der Waals surface area contributed by atoms with Gasteiger partial charge in [0.25, 0.3) is 0 Å². The van der Waals surface area contributed by atoms with Gasteiger partial charge in [-0.15, -0.1) is 0 Å². The van der Waals surface area contributed by atoms with Crippen LogP contribution in [0.5, 0.6) is 0 Å². The average Bonchev–Trinajstić information content (AvgIpc) is 3.19. The van der Waals surface area contributed by atoms with Crippen LogP contribution in [0.2, 0.25) is 5.15 Å². The monoisotopic (exact) mass is 335 g/mol. The van der Waals surface area contributed by atoms with Gasteiger partial charge >= 0.3 is 6.09 Å². The van der Waals surface area contributed by atoms with Crippen molar-refractivity contribution in [3.63, 3.8) is 0 Å². The summed E-state index contributed by atoms with van der Waals surface area (Å²) in [5.74, 6) is 0. The minimum absolute atomic E-state index is 0.165. The summed E-state index contributed by atoms with van der Waals surface area (Å²) >= 11 is 6.16. The highest BCUT2D eigenvalue weighted by Crippen LogP contribution is 2.26. The molecular formula is C15H18ClN5O2. The summed E-state index contributed by atoms with van der Waals surface area (Å²) in [6.07, 6.45) is 6.24. The molecule has 0 saturated carbocycles. The van der Waals surface area contributed by atoms with Gasteiger partial charge in [0.05, 0.1) is 18.1 Å². The second kappa shape index (κ2) is 6.97. The van der Waals surface area contributed by atoms with Gasteiger partial charge in [-0.25, -0.2) is 9.48 Å². The minimum atomic E-state index is -1.03. The number of nitrogens with zero attached hydrogens (tertiary/aromatic N) is 5. The molecule has 1 saturated heterocycles. The van der Waals surface area contributed by atoms with E-state index in [4.69, 9.17) is 11.6 Å². The van der Waals surface area contributed by atoms with Crippen molar-refractivity contribution in [3.8, 4) is 5.69 Å². The number of hydrogen-bond donors (Lipinski definition) is 1. The molecule has 1 amide bonds. The molecular weight excluding hydrogens is 318 g/mol. The van der Waals surface area contributed by atoms with E-state index >= 15 is 0 Å². The lowest BCUT2D eigenvalue weighted by molar-refractivity contribution is 0.200. The minimum Gasteiger partial charge on any atom is -0.465 e. The van der Waals surface area contributed by atoms with E-state index in [1.165, 1.54) is 22.4 Å². The molecule has 1 aliphatic heterocycles. The number of halogens is 1. The first-order valence-electron chi connectivity index (χ1n) is 7.53. The lowest BCUT2D eigenvalue weighted by Gasteiger charge is -2.21.